The Morgan fingerprint density at radius 1 is 1.30 bits per heavy atom. The Kier molecular flexibility index (Phi) is 3.97. The smallest absolute Gasteiger partial charge is 0.307 e. The molecule has 7 nitrogen and oxygen atoms in total. The van der Waals surface area contributed by atoms with Crippen LogP contribution in [-0.2, 0) is 16.0 Å². The third kappa shape index (κ3) is 3.31. The molecule has 0 aromatic heterocycles. The summed E-state index contributed by atoms with van der Waals surface area (Å²) in [6.45, 7) is 0.388. The molecule has 1 aromatic rings. The number of hydrogen-bond donors (Lipinski definition) is 2. The number of non-ortho nitro benzene ring substituents is 1. The monoisotopic (exact) mass is 278 g/mol. The van der Waals surface area contributed by atoms with Crippen molar-refractivity contribution in [3.8, 4) is 0 Å². The summed E-state index contributed by atoms with van der Waals surface area (Å²) < 4.78 is 0. The molecular weight excluding hydrogens is 264 g/mol. The summed E-state index contributed by atoms with van der Waals surface area (Å²) in [6, 6.07) is 6.11. The Hall–Kier alpha value is -2.44. The number of carbonyl (C=O) groups excluding carboxylic acids is 1. The number of carbonyl (C=O) groups is 2. The molecule has 0 radical (unpaired) electrons. The van der Waals surface area contributed by atoms with Crippen LogP contribution in [0.1, 0.15) is 12.0 Å². The molecule has 1 saturated carbocycles. The van der Waals surface area contributed by atoms with Crippen molar-refractivity contribution in [2.45, 2.75) is 12.8 Å². The van der Waals surface area contributed by atoms with Crippen molar-refractivity contribution in [1.29, 1.82) is 0 Å². The van der Waals surface area contributed by atoms with E-state index >= 15 is 0 Å². The first-order valence-corrected chi connectivity index (χ1v) is 6.23. The van der Waals surface area contributed by atoms with E-state index in [2.05, 4.69) is 5.32 Å². The lowest BCUT2D eigenvalue weighted by Crippen LogP contribution is -2.28. The van der Waals surface area contributed by atoms with Crippen molar-refractivity contribution in [1.82, 2.24) is 5.32 Å². The van der Waals surface area contributed by atoms with E-state index < -0.39 is 22.7 Å². The number of amides is 1. The first kappa shape index (κ1) is 14.0. The van der Waals surface area contributed by atoms with Gasteiger partial charge in [-0.1, -0.05) is 12.1 Å². The zero-order chi connectivity index (χ0) is 14.7. The number of aliphatic carboxylic acids is 1. The number of nitro benzene ring substituents is 1. The highest BCUT2D eigenvalue weighted by atomic mass is 16.6. The van der Waals surface area contributed by atoms with Gasteiger partial charge in [0.25, 0.3) is 5.69 Å². The van der Waals surface area contributed by atoms with Gasteiger partial charge in [0.15, 0.2) is 0 Å². The topological polar surface area (TPSA) is 110 Å². The van der Waals surface area contributed by atoms with Gasteiger partial charge in [-0.2, -0.15) is 0 Å². The van der Waals surface area contributed by atoms with Crippen LogP contribution < -0.4 is 5.32 Å². The van der Waals surface area contributed by atoms with Crippen molar-refractivity contribution in [3.63, 3.8) is 0 Å². The SMILES string of the molecule is O=C(O)[C@H]1C[C@H]1C(=O)NCCc1ccc([N+](=O)[O-])cc1. The van der Waals surface area contributed by atoms with Crippen LogP contribution in [0.25, 0.3) is 0 Å². The molecule has 1 aromatic carbocycles. The fraction of sp³-hybridized carbons (Fsp3) is 0.385. The second-order valence-corrected chi connectivity index (χ2v) is 4.75. The molecule has 2 rings (SSSR count). The van der Waals surface area contributed by atoms with E-state index in [9.17, 15) is 19.7 Å². The molecule has 7 heteroatoms. The minimum atomic E-state index is -0.930. The number of nitrogens with zero attached hydrogens (tertiary/aromatic N) is 1. The van der Waals surface area contributed by atoms with Gasteiger partial charge in [-0.3, -0.25) is 19.7 Å². The summed E-state index contributed by atoms with van der Waals surface area (Å²) in [5.74, 6) is -2.13. The normalized spacial score (nSPS) is 20.2. The number of nitrogens with one attached hydrogen (secondary N) is 1. The summed E-state index contributed by atoms with van der Waals surface area (Å²) in [6.07, 6.45) is 0.951. The fourth-order valence-electron chi connectivity index (χ4n) is 2.00. The summed E-state index contributed by atoms with van der Waals surface area (Å²) in [5.41, 5.74) is 0.904. The van der Waals surface area contributed by atoms with Gasteiger partial charge in [-0.05, 0) is 18.4 Å². The molecule has 1 fully saturated rings. The van der Waals surface area contributed by atoms with E-state index in [1.54, 1.807) is 12.1 Å². The van der Waals surface area contributed by atoms with E-state index in [0.29, 0.717) is 19.4 Å². The summed E-state index contributed by atoms with van der Waals surface area (Å²) >= 11 is 0. The Bertz CT molecular complexity index is 540. The van der Waals surface area contributed by atoms with Crippen LogP contribution in [0.2, 0.25) is 0 Å². The molecular formula is C13H14N2O5. The zero-order valence-electron chi connectivity index (χ0n) is 10.6. The maximum Gasteiger partial charge on any atom is 0.307 e. The second kappa shape index (κ2) is 5.68. The lowest BCUT2D eigenvalue weighted by molar-refractivity contribution is -0.384. The highest BCUT2D eigenvalue weighted by Crippen LogP contribution is 2.38. The van der Waals surface area contributed by atoms with Crippen LogP contribution in [0.4, 0.5) is 5.69 Å². The van der Waals surface area contributed by atoms with Gasteiger partial charge in [0.1, 0.15) is 0 Å². The number of carboxylic acids is 1. The van der Waals surface area contributed by atoms with Gasteiger partial charge >= 0.3 is 5.97 Å². The van der Waals surface area contributed by atoms with E-state index in [4.69, 9.17) is 5.11 Å². The van der Waals surface area contributed by atoms with Crippen LogP contribution in [0.3, 0.4) is 0 Å². The minimum absolute atomic E-state index is 0.0278. The molecule has 0 bridgehead atoms. The lowest BCUT2D eigenvalue weighted by atomic mass is 10.1. The average Bonchev–Trinajstić information content (AvgIpc) is 3.19. The van der Waals surface area contributed by atoms with Gasteiger partial charge in [0, 0.05) is 18.7 Å². The van der Waals surface area contributed by atoms with Crippen LogP contribution in [-0.4, -0.2) is 28.5 Å². The molecule has 0 aliphatic heterocycles. The van der Waals surface area contributed by atoms with Gasteiger partial charge < -0.3 is 10.4 Å². The molecule has 2 N–H and O–H groups in total. The number of carboxylic acid groups (broad SMARTS) is 1. The van der Waals surface area contributed by atoms with Crippen molar-refractivity contribution < 1.29 is 19.6 Å². The van der Waals surface area contributed by atoms with Gasteiger partial charge in [0.2, 0.25) is 5.91 Å². The Morgan fingerprint density at radius 3 is 2.45 bits per heavy atom. The fourth-order valence-corrected chi connectivity index (χ4v) is 2.00. The molecule has 1 aliphatic rings. The summed E-state index contributed by atoms with van der Waals surface area (Å²) in [5, 5.41) is 21.9. The van der Waals surface area contributed by atoms with Crippen LogP contribution in [0.15, 0.2) is 24.3 Å². The standard InChI is InChI=1S/C13H14N2O5/c16-12(10-7-11(10)13(17)18)14-6-5-8-1-3-9(4-2-8)15(19)20/h1-4,10-11H,5-7H2,(H,14,16)(H,17,18)/t10-,11+/m1/s1. The number of benzene rings is 1. The van der Waals surface area contributed by atoms with E-state index in [1.807, 2.05) is 0 Å². The largest absolute Gasteiger partial charge is 0.481 e. The Balaban J connectivity index is 1.75. The van der Waals surface area contributed by atoms with Crippen molar-refractivity contribution in [2.24, 2.45) is 11.8 Å². The zero-order valence-corrected chi connectivity index (χ0v) is 10.6. The number of nitro groups is 1. The average molecular weight is 278 g/mol. The summed E-state index contributed by atoms with van der Waals surface area (Å²) in [7, 11) is 0. The molecule has 0 unspecified atom stereocenters. The third-order valence-electron chi connectivity index (χ3n) is 3.30. The predicted molar refractivity (Wildman–Crippen MR) is 69.0 cm³/mol. The quantitative estimate of drug-likeness (QED) is 0.595. The molecule has 0 heterocycles. The highest BCUT2D eigenvalue weighted by Gasteiger charge is 2.48. The van der Waals surface area contributed by atoms with Crippen LogP contribution in [0.5, 0.6) is 0 Å². The van der Waals surface area contributed by atoms with E-state index in [0.717, 1.165) is 5.56 Å². The second-order valence-electron chi connectivity index (χ2n) is 4.75. The maximum absolute atomic E-state index is 11.6. The summed E-state index contributed by atoms with van der Waals surface area (Å²) in [4.78, 5) is 32.2. The molecule has 2 atom stereocenters. The predicted octanol–water partition coefficient (Wildman–Crippen LogP) is 0.974. The lowest BCUT2D eigenvalue weighted by Gasteiger charge is -2.04. The van der Waals surface area contributed by atoms with Gasteiger partial charge in [-0.15, -0.1) is 0 Å². The van der Waals surface area contributed by atoms with Gasteiger partial charge in [-0.25, -0.2) is 0 Å². The van der Waals surface area contributed by atoms with Crippen molar-refractivity contribution >= 4 is 17.6 Å². The Labute approximate surface area is 114 Å². The number of rotatable bonds is 6. The highest BCUT2D eigenvalue weighted by molar-refractivity contribution is 5.89. The van der Waals surface area contributed by atoms with E-state index in [-0.39, 0.29) is 11.6 Å². The van der Waals surface area contributed by atoms with Crippen LogP contribution in [0, 0.1) is 22.0 Å². The Morgan fingerprint density at radius 2 is 1.95 bits per heavy atom. The van der Waals surface area contributed by atoms with Crippen molar-refractivity contribution in [3.05, 3.63) is 39.9 Å². The molecule has 106 valence electrons. The van der Waals surface area contributed by atoms with E-state index in [1.165, 1.54) is 12.1 Å². The number of hydrogen-bond acceptors (Lipinski definition) is 4. The molecule has 20 heavy (non-hydrogen) atoms. The molecule has 0 spiro atoms. The van der Waals surface area contributed by atoms with Crippen molar-refractivity contribution in [2.75, 3.05) is 6.54 Å². The third-order valence-corrected chi connectivity index (χ3v) is 3.30. The molecule has 0 saturated heterocycles. The maximum atomic E-state index is 11.6. The molecule has 1 amide bonds. The first-order valence-electron chi connectivity index (χ1n) is 6.23. The minimum Gasteiger partial charge on any atom is -0.481 e. The molecule has 1 aliphatic carbocycles. The first-order chi connectivity index (χ1) is 9.49. The van der Waals surface area contributed by atoms with Gasteiger partial charge in [0.05, 0.1) is 16.8 Å². The van der Waals surface area contributed by atoms with Crippen LogP contribution >= 0.6 is 0 Å².